The summed E-state index contributed by atoms with van der Waals surface area (Å²) in [7, 11) is 5.84. The van der Waals surface area contributed by atoms with Crippen LogP contribution in [0.25, 0.3) is 6.08 Å². The maximum absolute atomic E-state index is 10.6. The zero-order chi connectivity index (χ0) is 22.7. The predicted molar refractivity (Wildman–Crippen MR) is 124 cm³/mol. The zero-order valence-corrected chi connectivity index (χ0v) is 19.2. The highest BCUT2D eigenvalue weighted by Crippen LogP contribution is 2.27. The quantitative estimate of drug-likeness (QED) is 0.509. The number of methoxy groups -OCH3 is 1. The van der Waals surface area contributed by atoms with Crippen LogP contribution in [0.4, 0.5) is 11.6 Å². The molecule has 0 fully saturated rings. The second kappa shape index (κ2) is 9.48. The van der Waals surface area contributed by atoms with Crippen molar-refractivity contribution < 1.29 is 14.7 Å². The topological polar surface area (TPSA) is 86.4 Å². The Bertz CT molecular complexity index is 1100. The van der Waals surface area contributed by atoms with Crippen LogP contribution in [-0.2, 0) is 17.7 Å². The molecule has 0 radical (unpaired) electrons. The van der Waals surface area contributed by atoms with E-state index in [0.29, 0.717) is 12.5 Å². The van der Waals surface area contributed by atoms with E-state index in [-0.39, 0.29) is 0 Å². The van der Waals surface area contributed by atoms with Crippen LogP contribution in [0.3, 0.4) is 0 Å². The first-order chi connectivity index (χ1) is 15.4. The van der Waals surface area contributed by atoms with Gasteiger partial charge in [0.15, 0.2) is 0 Å². The van der Waals surface area contributed by atoms with Gasteiger partial charge in [0, 0.05) is 25.2 Å². The average Bonchev–Trinajstić information content (AvgIpc) is 2.90. The molecule has 0 saturated carbocycles. The molecule has 8 heteroatoms. The Morgan fingerprint density at radius 1 is 1.19 bits per heavy atom. The van der Waals surface area contributed by atoms with Gasteiger partial charge in [0.05, 0.1) is 41.1 Å². The van der Waals surface area contributed by atoms with E-state index in [9.17, 15) is 5.21 Å². The van der Waals surface area contributed by atoms with Crippen LogP contribution in [0.15, 0.2) is 35.9 Å². The molecule has 3 heterocycles. The fourth-order valence-electron chi connectivity index (χ4n) is 3.97. The van der Waals surface area contributed by atoms with Gasteiger partial charge < -0.3 is 15.0 Å². The highest BCUT2D eigenvalue weighted by molar-refractivity contribution is 6.04. The minimum Gasteiger partial charge on any atom is -0.501 e. The highest BCUT2D eigenvalue weighted by Gasteiger charge is 2.28. The zero-order valence-electron chi connectivity index (χ0n) is 19.2. The molecule has 0 unspecified atom stereocenters. The molecule has 0 spiro atoms. The number of aromatic nitrogens is 3. The van der Waals surface area contributed by atoms with E-state index in [1.807, 2.05) is 25.3 Å². The summed E-state index contributed by atoms with van der Waals surface area (Å²) in [5, 5.41) is 13.9. The molecule has 0 amide bonds. The number of hydroxylamine groups is 1. The van der Waals surface area contributed by atoms with Gasteiger partial charge in [-0.3, -0.25) is 10.2 Å². The first-order valence-electron chi connectivity index (χ1n) is 10.9. The Morgan fingerprint density at radius 2 is 2.03 bits per heavy atom. The van der Waals surface area contributed by atoms with Crippen LogP contribution in [0.1, 0.15) is 41.8 Å². The number of hydrogen-bond acceptors (Lipinski definition) is 7. The van der Waals surface area contributed by atoms with Gasteiger partial charge in [0.2, 0.25) is 18.2 Å². The van der Waals surface area contributed by atoms with Crippen molar-refractivity contribution in [3.63, 3.8) is 0 Å². The van der Waals surface area contributed by atoms with Gasteiger partial charge in [-0.05, 0) is 68.9 Å². The number of allylic oxidation sites excluding steroid dienone is 3. The molecular weight excluding hydrogens is 404 g/mol. The summed E-state index contributed by atoms with van der Waals surface area (Å²) in [6.45, 7) is 3.36. The number of ether oxygens (including phenoxy) is 1. The molecular formula is C24H31N6O2+. The van der Waals surface area contributed by atoms with Crippen molar-refractivity contribution in [1.82, 2.24) is 19.9 Å². The molecule has 2 aliphatic rings. The molecule has 1 aliphatic heterocycles. The molecule has 0 bridgehead atoms. The molecule has 168 valence electrons. The van der Waals surface area contributed by atoms with E-state index < -0.39 is 0 Å². The van der Waals surface area contributed by atoms with Crippen LogP contribution in [-0.4, -0.2) is 63.3 Å². The third-order valence-electron chi connectivity index (χ3n) is 5.80. The highest BCUT2D eigenvalue weighted by atomic mass is 16.5. The predicted octanol–water partition coefficient (Wildman–Crippen LogP) is 3.48. The Labute approximate surface area is 189 Å². The standard InChI is InChI=1S/C24H31N6O2/c1-16-21(10-17(13-25-16)6-5-9-29(2)3)27-24-26-14-19-15-30(31)23-8-7-20(32-4)11-18(23)12-22(19)28-24/h10-14,31H,5-9,15H2,1-4H3,(H,26,27,28)/q+1. The molecule has 2 aromatic rings. The number of aryl methyl sites for hydroxylation is 2. The number of rotatable bonds is 7. The summed E-state index contributed by atoms with van der Waals surface area (Å²) in [5.41, 5.74) is 6.44. The van der Waals surface area contributed by atoms with Gasteiger partial charge in [0.1, 0.15) is 0 Å². The third-order valence-corrected chi connectivity index (χ3v) is 5.80. The maximum atomic E-state index is 10.6. The van der Waals surface area contributed by atoms with Crippen molar-refractivity contribution in [3.05, 3.63) is 58.4 Å². The van der Waals surface area contributed by atoms with E-state index >= 15 is 0 Å². The first kappa shape index (κ1) is 22.0. The van der Waals surface area contributed by atoms with Crippen LogP contribution < -0.4 is 5.32 Å². The summed E-state index contributed by atoms with van der Waals surface area (Å²) in [6.07, 6.45) is 11.2. The van der Waals surface area contributed by atoms with Crippen molar-refractivity contribution >= 4 is 23.4 Å². The molecule has 4 rings (SSSR count). The fourth-order valence-corrected chi connectivity index (χ4v) is 3.97. The summed E-state index contributed by atoms with van der Waals surface area (Å²) < 4.78 is 6.72. The molecule has 2 aromatic heterocycles. The van der Waals surface area contributed by atoms with Crippen LogP contribution in [0.2, 0.25) is 0 Å². The summed E-state index contributed by atoms with van der Waals surface area (Å²) in [6, 6.07) is 2.13. The summed E-state index contributed by atoms with van der Waals surface area (Å²) >= 11 is 0. The molecule has 1 aliphatic carbocycles. The van der Waals surface area contributed by atoms with Crippen LogP contribution in [0.5, 0.6) is 0 Å². The molecule has 0 aromatic carbocycles. The molecule has 2 N–H and O–H groups in total. The normalized spacial score (nSPS) is 15.5. The number of nitrogens with zero attached hydrogens (tertiary/aromatic N) is 5. The number of anilines is 2. The largest absolute Gasteiger partial charge is 0.501 e. The minimum absolute atomic E-state index is 0.350. The first-order valence-corrected chi connectivity index (χ1v) is 10.9. The molecule has 32 heavy (non-hydrogen) atoms. The van der Waals surface area contributed by atoms with Gasteiger partial charge >= 0.3 is 0 Å². The Hall–Kier alpha value is -3.26. The van der Waals surface area contributed by atoms with Crippen LogP contribution in [0, 0.1) is 6.92 Å². The molecule has 0 saturated heterocycles. The van der Waals surface area contributed by atoms with Gasteiger partial charge in [-0.1, -0.05) is 0 Å². The van der Waals surface area contributed by atoms with E-state index in [4.69, 9.17) is 9.72 Å². The Balaban J connectivity index is 1.59. The van der Waals surface area contributed by atoms with Gasteiger partial charge in [-0.2, -0.15) is 0 Å². The lowest BCUT2D eigenvalue weighted by Gasteiger charge is -2.13. The summed E-state index contributed by atoms with van der Waals surface area (Å²) in [5.74, 6) is 1.41. The molecule has 0 atom stereocenters. The number of fused-ring (bicyclic) bond motifs is 2. The van der Waals surface area contributed by atoms with Crippen molar-refractivity contribution in [1.29, 1.82) is 0 Å². The number of pyridine rings is 1. The van der Waals surface area contributed by atoms with Gasteiger partial charge in [-0.25, -0.2) is 9.97 Å². The lowest BCUT2D eigenvalue weighted by Crippen LogP contribution is -2.21. The van der Waals surface area contributed by atoms with Gasteiger partial charge in [-0.15, -0.1) is 0 Å². The van der Waals surface area contributed by atoms with Crippen molar-refractivity contribution in [2.45, 2.75) is 39.2 Å². The Kier molecular flexibility index (Phi) is 6.50. The van der Waals surface area contributed by atoms with E-state index in [1.165, 1.54) is 10.3 Å². The monoisotopic (exact) mass is 435 g/mol. The second-order valence-corrected chi connectivity index (χ2v) is 8.53. The molecule has 8 nitrogen and oxygen atoms in total. The fraction of sp³-hybridized carbons (Fsp3) is 0.417. The maximum Gasteiger partial charge on any atom is 0.235 e. The SMILES string of the molecule is COC1=CC2=Cc3nc(Nc4cc(CCCN(C)C)cnc4C)ncc3C[N+](O)=C2CC1. The van der Waals surface area contributed by atoms with Crippen molar-refractivity contribution in [2.24, 2.45) is 0 Å². The second-order valence-electron chi connectivity index (χ2n) is 8.53. The third kappa shape index (κ3) is 4.96. The number of nitrogens with one attached hydrogen (secondary N) is 1. The lowest BCUT2D eigenvalue weighted by atomic mass is 9.97. The van der Waals surface area contributed by atoms with E-state index in [2.05, 4.69) is 40.3 Å². The summed E-state index contributed by atoms with van der Waals surface area (Å²) in [4.78, 5) is 16.0. The smallest absolute Gasteiger partial charge is 0.235 e. The lowest BCUT2D eigenvalue weighted by molar-refractivity contribution is -0.787. The van der Waals surface area contributed by atoms with E-state index in [1.54, 1.807) is 13.3 Å². The van der Waals surface area contributed by atoms with Gasteiger partial charge in [0.25, 0.3) is 0 Å². The Morgan fingerprint density at radius 3 is 2.81 bits per heavy atom. The van der Waals surface area contributed by atoms with Crippen LogP contribution >= 0.6 is 0 Å². The number of hydrogen-bond donors (Lipinski definition) is 2. The minimum atomic E-state index is 0.350. The van der Waals surface area contributed by atoms with Crippen molar-refractivity contribution in [2.75, 3.05) is 33.1 Å². The average molecular weight is 436 g/mol. The van der Waals surface area contributed by atoms with Crippen molar-refractivity contribution in [3.8, 4) is 0 Å². The van der Waals surface area contributed by atoms with E-state index in [0.717, 1.165) is 71.9 Å².